The van der Waals surface area contributed by atoms with E-state index in [1.54, 1.807) is 38.1 Å². The molecule has 2 aromatic rings. The number of para-hydroxylation sites is 1. The molecular formula is C21H23F2N3O4. The smallest absolute Gasteiger partial charge is 0.438 e. The first kappa shape index (κ1) is 23.0. The molecule has 0 N–H and O–H groups in total. The summed E-state index contributed by atoms with van der Waals surface area (Å²) >= 11 is 0. The van der Waals surface area contributed by atoms with E-state index in [4.69, 9.17) is 14.3 Å². The molecule has 0 bridgehead atoms. The minimum Gasteiger partial charge on any atom is -0.475 e. The number of methoxy groups -OCH3 is 1. The molecule has 0 aliphatic rings. The molecule has 0 radical (unpaired) electrons. The Labute approximate surface area is 173 Å². The van der Waals surface area contributed by atoms with Gasteiger partial charge in [-0.25, -0.2) is 13.6 Å². The van der Waals surface area contributed by atoms with Crippen LogP contribution in [0.4, 0.5) is 19.3 Å². The van der Waals surface area contributed by atoms with Crippen LogP contribution in [0.5, 0.6) is 0 Å². The van der Waals surface area contributed by atoms with Gasteiger partial charge in [-0.2, -0.15) is 10.2 Å². The molecule has 0 unspecified atom stereocenters. The number of benzene rings is 2. The Balaban J connectivity index is 2.17. The maximum Gasteiger partial charge on any atom is 0.438 e. The molecule has 0 heterocycles. The lowest BCUT2D eigenvalue weighted by Gasteiger charge is -2.20. The largest absolute Gasteiger partial charge is 0.475 e. The number of hydrogen-bond acceptors (Lipinski definition) is 6. The van der Waals surface area contributed by atoms with Crippen molar-refractivity contribution in [1.82, 2.24) is 0 Å². The van der Waals surface area contributed by atoms with E-state index in [0.29, 0.717) is 23.4 Å². The first-order valence-electron chi connectivity index (χ1n) is 9.10. The molecule has 9 heteroatoms. The molecule has 0 aromatic heterocycles. The number of amides is 1. The molecule has 0 fully saturated rings. The summed E-state index contributed by atoms with van der Waals surface area (Å²) < 4.78 is 37.4. The number of ether oxygens (including phenoxy) is 2. The van der Waals surface area contributed by atoms with Crippen LogP contribution in [-0.2, 0) is 20.9 Å². The van der Waals surface area contributed by atoms with Crippen LogP contribution in [0.2, 0.25) is 0 Å². The molecule has 0 atom stereocenters. The summed E-state index contributed by atoms with van der Waals surface area (Å²) in [6.07, 6.45) is -0.293. The Kier molecular flexibility index (Phi) is 8.42. The molecule has 2 rings (SSSR count). The molecule has 2 aromatic carbocycles. The lowest BCUT2D eigenvalue weighted by molar-refractivity contribution is 0.115. The average molecular weight is 419 g/mol. The van der Waals surface area contributed by atoms with Gasteiger partial charge >= 0.3 is 6.09 Å². The molecule has 0 aliphatic heterocycles. The third-order valence-electron chi connectivity index (χ3n) is 4.06. The van der Waals surface area contributed by atoms with Gasteiger partial charge in [-0.1, -0.05) is 25.1 Å². The molecule has 0 aliphatic carbocycles. The Hall–Kier alpha value is -3.33. The fraction of sp³-hybridized carbons (Fsp3) is 0.286. The van der Waals surface area contributed by atoms with Crippen LogP contribution >= 0.6 is 0 Å². The van der Waals surface area contributed by atoms with Gasteiger partial charge in [-0.15, -0.1) is 5.10 Å². The SMILES string of the molecule is CC/C(=N\N=C(/C)OCc1ccccc1N(OC)C(=O)OC)c1ccc(F)cc1F. The highest BCUT2D eigenvalue weighted by Crippen LogP contribution is 2.22. The van der Waals surface area contributed by atoms with Crippen molar-refractivity contribution in [3.8, 4) is 0 Å². The van der Waals surface area contributed by atoms with Crippen LogP contribution in [0.15, 0.2) is 52.7 Å². The van der Waals surface area contributed by atoms with Gasteiger partial charge in [0.1, 0.15) is 18.2 Å². The second kappa shape index (κ2) is 11.0. The Bertz CT molecular complexity index is 948. The highest BCUT2D eigenvalue weighted by molar-refractivity contribution is 6.00. The number of carbonyl (C=O) groups is 1. The minimum absolute atomic E-state index is 0.0737. The average Bonchev–Trinajstić information content (AvgIpc) is 2.74. The van der Waals surface area contributed by atoms with E-state index < -0.39 is 17.7 Å². The summed E-state index contributed by atoms with van der Waals surface area (Å²) in [6, 6.07) is 10.2. The van der Waals surface area contributed by atoms with Gasteiger partial charge in [-0.3, -0.25) is 4.84 Å². The monoisotopic (exact) mass is 419 g/mol. The van der Waals surface area contributed by atoms with Crippen LogP contribution in [0.25, 0.3) is 0 Å². The van der Waals surface area contributed by atoms with E-state index in [9.17, 15) is 13.6 Å². The second-order valence-corrected chi connectivity index (χ2v) is 6.01. The first-order valence-corrected chi connectivity index (χ1v) is 9.10. The van der Waals surface area contributed by atoms with E-state index >= 15 is 0 Å². The van der Waals surface area contributed by atoms with Gasteiger partial charge in [0.05, 0.1) is 25.6 Å². The number of anilines is 1. The summed E-state index contributed by atoms with van der Waals surface area (Å²) in [5.74, 6) is -1.15. The standard InChI is InChI=1S/C21H23F2N3O4/c1-5-19(17-11-10-16(22)12-18(17)23)25-24-14(2)30-13-15-8-6-7-9-20(15)26(29-4)21(27)28-3/h6-12H,5,13H2,1-4H3/b24-14+,25-19+. The van der Waals surface area contributed by atoms with Gasteiger partial charge in [-0.05, 0) is 24.6 Å². The number of hydrogen-bond donors (Lipinski definition) is 0. The quantitative estimate of drug-likeness (QED) is 0.365. The van der Waals surface area contributed by atoms with E-state index in [2.05, 4.69) is 10.2 Å². The van der Waals surface area contributed by atoms with Gasteiger partial charge < -0.3 is 9.47 Å². The minimum atomic E-state index is -0.708. The van der Waals surface area contributed by atoms with E-state index in [0.717, 1.165) is 17.2 Å². The zero-order valence-electron chi connectivity index (χ0n) is 17.2. The predicted molar refractivity (Wildman–Crippen MR) is 109 cm³/mol. The summed E-state index contributed by atoms with van der Waals surface area (Å²) in [5.41, 5.74) is 1.62. The summed E-state index contributed by atoms with van der Waals surface area (Å²) in [6.45, 7) is 3.45. The lowest BCUT2D eigenvalue weighted by Crippen LogP contribution is -2.30. The molecule has 1 amide bonds. The fourth-order valence-corrected chi connectivity index (χ4v) is 2.57. The Morgan fingerprint density at radius 1 is 1.10 bits per heavy atom. The maximum atomic E-state index is 14.0. The van der Waals surface area contributed by atoms with Gasteiger partial charge in [0.2, 0.25) is 5.90 Å². The zero-order valence-corrected chi connectivity index (χ0v) is 17.2. The van der Waals surface area contributed by atoms with Gasteiger partial charge in [0.25, 0.3) is 0 Å². The van der Waals surface area contributed by atoms with Gasteiger partial charge in [0, 0.05) is 24.1 Å². The fourth-order valence-electron chi connectivity index (χ4n) is 2.57. The molecule has 0 saturated carbocycles. The zero-order chi connectivity index (χ0) is 22.1. The number of halogens is 2. The van der Waals surface area contributed by atoms with Gasteiger partial charge in [0.15, 0.2) is 0 Å². The third-order valence-corrected chi connectivity index (χ3v) is 4.06. The van der Waals surface area contributed by atoms with Crippen LogP contribution in [0.3, 0.4) is 0 Å². The summed E-state index contributed by atoms with van der Waals surface area (Å²) in [5, 5.41) is 9.02. The summed E-state index contributed by atoms with van der Waals surface area (Å²) in [7, 11) is 2.59. The number of nitrogens with zero attached hydrogens (tertiary/aromatic N) is 3. The predicted octanol–water partition coefficient (Wildman–Crippen LogP) is 4.85. The Morgan fingerprint density at radius 2 is 1.83 bits per heavy atom. The van der Waals surface area contributed by atoms with E-state index in [1.807, 2.05) is 0 Å². The third kappa shape index (κ3) is 5.84. The van der Waals surface area contributed by atoms with Crippen molar-refractivity contribution in [2.24, 2.45) is 10.2 Å². The van der Waals surface area contributed by atoms with Crippen molar-refractivity contribution in [2.45, 2.75) is 26.9 Å². The molecule has 30 heavy (non-hydrogen) atoms. The van der Waals surface area contributed by atoms with Crippen molar-refractivity contribution in [3.05, 3.63) is 65.2 Å². The lowest BCUT2D eigenvalue weighted by atomic mass is 10.1. The van der Waals surface area contributed by atoms with E-state index in [1.165, 1.54) is 20.3 Å². The molecular weight excluding hydrogens is 396 g/mol. The second-order valence-electron chi connectivity index (χ2n) is 6.01. The Morgan fingerprint density at radius 3 is 2.47 bits per heavy atom. The number of carbonyl (C=O) groups excluding carboxylic acids is 1. The highest BCUT2D eigenvalue weighted by Gasteiger charge is 2.19. The molecule has 160 valence electrons. The van der Waals surface area contributed by atoms with Crippen molar-refractivity contribution in [3.63, 3.8) is 0 Å². The van der Waals surface area contributed by atoms with Crippen LogP contribution < -0.4 is 5.06 Å². The summed E-state index contributed by atoms with van der Waals surface area (Å²) in [4.78, 5) is 17.0. The topological polar surface area (TPSA) is 72.7 Å². The number of hydroxylamine groups is 1. The molecule has 0 spiro atoms. The van der Waals surface area contributed by atoms with Crippen molar-refractivity contribution in [1.29, 1.82) is 0 Å². The van der Waals surface area contributed by atoms with Crippen molar-refractivity contribution >= 4 is 23.4 Å². The first-order chi connectivity index (χ1) is 14.4. The van der Waals surface area contributed by atoms with Crippen LogP contribution in [0.1, 0.15) is 31.4 Å². The normalized spacial score (nSPS) is 11.9. The van der Waals surface area contributed by atoms with E-state index in [-0.39, 0.29) is 18.1 Å². The van der Waals surface area contributed by atoms with Crippen molar-refractivity contribution < 1.29 is 27.9 Å². The van der Waals surface area contributed by atoms with Crippen molar-refractivity contribution in [2.75, 3.05) is 19.3 Å². The molecule has 7 nitrogen and oxygen atoms in total. The highest BCUT2D eigenvalue weighted by atomic mass is 19.1. The van der Waals surface area contributed by atoms with Crippen LogP contribution in [-0.4, -0.2) is 31.9 Å². The number of rotatable bonds is 7. The van der Waals surface area contributed by atoms with Crippen LogP contribution in [0, 0.1) is 11.6 Å². The molecule has 0 saturated heterocycles. The maximum absolute atomic E-state index is 14.0.